The molecule has 7 nitrogen and oxygen atoms in total. The van der Waals surface area contributed by atoms with Gasteiger partial charge in [-0.05, 0) is 11.6 Å². The molecule has 2 heterocycles. The van der Waals surface area contributed by atoms with Crippen molar-refractivity contribution in [1.29, 1.82) is 0 Å². The maximum atomic E-state index is 11.2. The molecule has 0 spiro atoms. The Morgan fingerprint density at radius 3 is 2.84 bits per heavy atom. The maximum Gasteiger partial charge on any atom is 0.374 e. The molecule has 0 saturated carbocycles. The third-order valence-corrected chi connectivity index (χ3v) is 3.50. The summed E-state index contributed by atoms with van der Waals surface area (Å²) < 4.78 is 16.6. The predicted molar refractivity (Wildman–Crippen MR) is 70.6 cm³/mol. The molecule has 1 aromatic heterocycles. The number of halogens is 1. The lowest BCUT2D eigenvalue weighted by Crippen LogP contribution is -2.32. The van der Waals surface area contributed by atoms with Gasteiger partial charge in [0.1, 0.15) is 6.10 Å². The fourth-order valence-corrected chi connectivity index (χ4v) is 2.36. The second-order valence-electron chi connectivity index (χ2n) is 3.97. The Hall–Kier alpha value is -0.530. The first-order chi connectivity index (χ1) is 8.52. The summed E-state index contributed by atoms with van der Waals surface area (Å²) >= 11 is 0. The average Bonchev–Trinajstić information content (AvgIpc) is 2.34. The van der Waals surface area contributed by atoms with Crippen LogP contribution in [0.5, 0.6) is 0 Å². The molecule has 1 aliphatic rings. The van der Waals surface area contributed by atoms with Crippen LogP contribution in [0.1, 0.15) is 17.4 Å². The topological polar surface area (TPSA) is 112 Å². The zero-order chi connectivity index (χ0) is 13.2. The van der Waals surface area contributed by atoms with Gasteiger partial charge in [-0.3, -0.25) is 4.57 Å². The van der Waals surface area contributed by atoms with E-state index >= 15 is 0 Å². The lowest BCUT2D eigenvalue weighted by atomic mass is 10.1. The van der Waals surface area contributed by atoms with Crippen molar-refractivity contribution in [3.63, 3.8) is 0 Å². The van der Waals surface area contributed by atoms with Crippen LogP contribution in [-0.4, -0.2) is 39.6 Å². The molecular weight excluding hydrogens is 295 g/mol. The minimum atomic E-state index is -4.35. The Morgan fingerprint density at radius 2 is 2.21 bits per heavy atom. The molecule has 1 aliphatic heterocycles. The number of hydrogen-bond acceptors (Lipinski definition) is 5. The van der Waals surface area contributed by atoms with Gasteiger partial charge in [0.15, 0.2) is 5.44 Å². The first-order valence-electron chi connectivity index (χ1n) is 5.51. The Balaban J connectivity index is 0.00000180. The Labute approximate surface area is 116 Å². The van der Waals surface area contributed by atoms with Gasteiger partial charge in [0.2, 0.25) is 0 Å². The highest BCUT2D eigenvalue weighted by Gasteiger charge is 2.26. The smallest absolute Gasteiger partial charge is 0.374 e. The van der Waals surface area contributed by atoms with Crippen LogP contribution in [0.3, 0.4) is 0 Å². The molecule has 4 N–H and O–H groups in total. The van der Waals surface area contributed by atoms with Crippen molar-refractivity contribution in [2.45, 2.75) is 12.6 Å². The van der Waals surface area contributed by atoms with Crippen LogP contribution in [0.25, 0.3) is 0 Å². The van der Waals surface area contributed by atoms with Crippen LogP contribution in [0.15, 0.2) is 12.1 Å². The van der Waals surface area contributed by atoms with E-state index in [9.17, 15) is 4.57 Å². The summed E-state index contributed by atoms with van der Waals surface area (Å²) in [4.78, 5) is 22.2. The summed E-state index contributed by atoms with van der Waals surface area (Å²) in [7, 11) is -4.35. The second kappa shape index (κ2) is 6.76. The molecule has 0 saturated heterocycles. The standard InChI is InChI=1S/C10H15N2O5P.ClH/c13-3-4-17-8-6-11-5-7-1-2-9(12-10(7)8)18(14,15)16;/h1-2,8,11,13H,3-6H2,(H2,14,15,16);1H. The van der Waals surface area contributed by atoms with Crippen LogP contribution in [0.2, 0.25) is 0 Å². The monoisotopic (exact) mass is 310 g/mol. The molecule has 0 aromatic carbocycles. The van der Waals surface area contributed by atoms with Crippen LogP contribution in [0, 0.1) is 0 Å². The summed E-state index contributed by atoms with van der Waals surface area (Å²) in [6, 6.07) is 2.97. The number of rotatable bonds is 4. The normalized spacial score (nSPS) is 18.6. The van der Waals surface area contributed by atoms with Crippen LogP contribution >= 0.6 is 20.0 Å². The molecular formula is C10H16ClN2O5P. The summed E-state index contributed by atoms with van der Waals surface area (Å²) in [6.07, 6.45) is -0.396. The number of aliphatic hydroxyl groups is 1. The van der Waals surface area contributed by atoms with Crippen molar-refractivity contribution in [3.05, 3.63) is 23.4 Å². The Morgan fingerprint density at radius 1 is 1.47 bits per heavy atom. The fourth-order valence-electron chi connectivity index (χ4n) is 1.85. The molecule has 0 fully saturated rings. The summed E-state index contributed by atoms with van der Waals surface area (Å²) in [5.41, 5.74) is 1.13. The van der Waals surface area contributed by atoms with Gasteiger partial charge in [0.25, 0.3) is 0 Å². The quantitative estimate of drug-likeness (QED) is 0.553. The minimum absolute atomic E-state index is 0. The van der Waals surface area contributed by atoms with Crippen molar-refractivity contribution in [2.75, 3.05) is 19.8 Å². The Bertz CT molecular complexity index is 481. The maximum absolute atomic E-state index is 11.2. The van der Waals surface area contributed by atoms with Crippen molar-refractivity contribution in [3.8, 4) is 0 Å². The number of aliphatic hydroxyl groups excluding tert-OH is 1. The van der Waals surface area contributed by atoms with Crippen LogP contribution in [-0.2, 0) is 15.8 Å². The van der Waals surface area contributed by atoms with E-state index in [4.69, 9.17) is 19.6 Å². The number of nitrogens with zero attached hydrogens (tertiary/aromatic N) is 1. The lowest BCUT2D eigenvalue weighted by molar-refractivity contribution is 0.0215. The summed E-state index contributed by atoms with van der Waals surface area (Å²) in [5, 5.41) is 11.9. The summed E-state index contributed by atoms with van der Waals surface area (Å²) in [5.74, 6) is 0. The van der Waals surface area contributed by atoms with E-state index in [1.165, 1.54) is 6.07 Å². The van der Waals surface area contributed by atoms with E-state index in [-0.39, 0.29) is 31.1 Å². The van der Waals surface area contributed by atoms with E-state index in [0.717, 1.165) is 5.56 Å². The van der Waals surface area contributed by atoms with Crippen molar-refractivity contribution in [2.24, 2.45) is 0 Å². The van der Waals surface area contributed by atoms with Crippen molar-refractivity contribution < 1.29 is 24.2 Å². The van der Waals surface area contributed by atoms with Crippen LogP contribution < -0.4 is 10.8 Å². The van der Waals surface area contributed by atoms with Gasteiger partial charge in [-0.1, -0.05) is 6.07 Å². The van der Waals surface area contributed by atoms with E-state index in [2.05, 4.69) is 10.3 Å². The zero-order valence-corrected chi connectivity index (χ0v) is 11.7. The molecule has 0 bridgehead atoms. The number of nitrogens with one attached hydrogen (secondary N) is 1. The highest BCUT2D eigenvalue weighted by Crippen LogP contribution is 2.33. The predicted octanol–water partition coefficient (Wildman–Crippen LogP) is -0.540. The molecule has 0 aliphatic carbocycles. The molecule has 1 atom stereocenters. The number of hydrogen-bond donors (Lipinski definition) is 4. The van der Waals surface area contributed by atoms with Gasteiger partial charge in [0, 0.05) is 13.1 Å². The highest BCUT2D eigenvalue weighted by atomic mass is 35.5. The molecule has 9 heteroatoms. The number of aromatic nitrogens is 1. The molecule has 2 rings (SSSR count). The van der Waals surface area contributed by atoms with Gasteiger partial charge in [0.05, 0.1) is 18.9 Å². The first kappa shape index (κ1) is 16.5. The van der Waals surface area contributed by atoms with E-state index < -0.39 is 13.7 Å². The Kier molecular flexibility index (Phi) is 5.88. The van der Waals surface area contributed by atoms with Gasteiger partial charge < -0.3 is 24.9 Å². The van der Waals surface area contributed by atoms with Gasteiger partial charge in [-0.15, -0.1) is 12.4 Å². The lowest BCUT2D eigenvalue weighted by Gasteiger charge is -2.25. The molecule has 19 heavy (non-hydrogen) atoms. The van der Waals surface area contributed by atoms with Crippen molar-refractivity contribution in [1.82, 2.24) is 10.3 Å². The number of pyridine rings is 1. The minimum Gasteiger partial charge on any atom is -0.394 e. The van der Waals surface area contributed by atoms with Crippen molar-refractivity contribution >= 4 is 25.4 Å². The van der Waals surface area contributed by atoms with Crippen LogP contribution in [0.4, 0.5) is 0 Å². The van der Waals surface area contributed by atoms with E-state index in [1.54, 1.807) is 6.07 Å². The average molecular weight is 311 g/mol. The molecule has 1 unspecified atom stereocenters. The molecule has 108 valence electrons. The first-order valence-corrected chi connectivity index (χ1v) is 7.12. The molecule has 0 amide bonds. The molecule has 1 aromatic rings. The number of fused-ring (bicyclic) bond motifs is 1. The molecule has 0 radical (unpaired) electrons. The fraction of sp³-hybridized carbons (Fsp3) is 0.500. The van der Waals surface area contributed by atoms with Gasteiger partial charge in [-0.2, -0.15) is 0 Å². The second-order valence-corrected chi connectivity index (χ2v) is 5.52. The third-order valence-electron chi connectivity index (χ3n) is 2.66. The number of ether oxygens (including phenoxy) is 1. The zero-order valence-electron chi connectivity index (χ0n) is 10.0. The van der Waals surface area contributed by atoms with Gasteiger partial charge >= 0.3 is 7.60 Å². The SMILES string of the molecule is Cl.O=P(O)(O)c1ccc2c(n1)C(OCCO)CNC2. The largest absolute Gasteiger partial charge is 0.394 e. The van der Waals surface area contributed by atoms with E-state index in [0.29, 0.717) is 18.8 Å². The van der Waals surface area contributed by atoms with E-state index in [1.807, 2.05) is 0 Å². The van der Waals surface area contributed by atoms with Gasteiger partial charge in [-0.25, -0.2) is 4.98 Å². The summed E-state index contributed by atoms with van der Waals surface area (Å²) in [6.45, 7) is 1.14. The highest BCUT2D eigenvalue weighted by molar-refractivity contribution is 7.60. The third kappa shape index (κ3) is 3.97.